The Hall–Kier alpha value is -0.610. The van der Waals surface area contributed by atoms with Gasteiger partial charge in [-0.05, 0) is 31.1 Å². The van der Waals surface area contributed by atoms with Gasteiger partial charge >= 0.3 is 5.97 Å². The van der Waals surface area contributed by atoms with E-state index in [1.165, 1.54) is 0 Å². The first kappa shape index (κ1) is 12.5. The average Bonchev–Trinajstić information content (AvgIpc) is 2.22. The van der Waals surface area contributed by atoms with Crippen LogP contribution < -0.4 is 5.73 Å². The van der Waals surface area contributed by atoms with Gasteiger partial charge in [0.25, 0.3) is 0 Å². The van der Waals surface area contributed by atoms with Gasteiger partial charge in [0.15, 0.2) is 6.10 Å². The number of esters is 1. The standard InChI is InChI=1S/C11H21NO3/c1-7-3-4-9(5-8(7)2)15-11(14)10(13)6-12/h7-10,13H,3-6,12H2,1-2H3/t7?,8?,9?,10-/m0/s1. The molecule has 0 bridgehead atoms. The number of carbonyl (C=O) groups excluding carboxylic acids is 1. The molecule has 1 fully saturated rings. The number of nitrogens with two attached hydrogens (primary N) is 1. The fourth-order valence-electron chi connectivity index (χ4n) is 1.94. The van der Waals surface area contributed by atoms with E-state index in [0.29, 0.717) is 11.8 Å². The summed E-state index contributed by atoms with van der Waals surface area (Å²) in [6, 6.07) is 0. The Balaban J connectivity index is 2.36. The average molecular weight is 215 g/mol. The Morgan fingerprint density at radius 1 is 1.47 bits per heavy atom. The van der Waals surface area contributed by atoms with E-state index in [1.807, 2.05) is 0 Å². The van der Waals surface area contributed by atoms with E-state index in [9.17, 15) is 9.90 Å². The lowest BCUT2D eigenvalue weighted by Crippen LogP contribution is -2.36. The van der Waals surface area contributed by atoms with Gasteiger partial charge in [-0.3, -0.25) is 0 Å². The molecular formula is C11H21NO3. The van der Waals surface area contributed by atoms with Crippen LogP contribution in [0.15, 0.2) is 0 Å². The van der Waals surface area contributed by atoms with Crippen molar-refractivity contribution in [1.82, 2.24) is 0 Å². The molecule has 0 aromatic carbocycles. The number of carbonyl (C=O) groups is 1. The first-order valence-electron chi connectivity index (χ1n) is 5.63. The molecule has 0 amide bonds. The molecule has 0 heterocycles. The van der Waals surface area contributed by atoms with E-state index < -0.39 is 12.1 Å². The van der Waals surface area contributed by atoms with Crippen LogP contribution in [-0.2, 0) is 9.53 Å². The van der Waals surface area contributed by atoms with E-state index in [-0.39, 0.29) is 12.6 Å². The summed E-state index contributed by atoms with van der Waals surface area (Å²) in [5, 5.41) is 9.18. The molecule has 15 heavy (non-hydrogen) atoms. The van der Waals surface area contributed by atoms with Crippen molar-refractivity contribution in [2.75, 3.05) is 6.54 Å². The van der Waals surface area contributed by atoms with Gasteiger partial charge in [-0.25, -0.2) is 4.79 Å². The maximum atomic E-state index is 11.3. The lowest BCUT2D eigenvalue weighted by molar-refractivity contribution is -0.161. The van der Waals surface area contributed by atoms with Crippen LogP contribution in [0.25, 0.3) is 0 Å². The predicted molar refractivity (Wildman–Crippen MR) is 57.1 cm³/mol. The molecule has 4 heteroatoms. The van der Waals surface area contributed by atoms with Crippen molar-refractivity contribution in [2.45, 2.75) is 45.3 Å². The molecular weight excluding hydrogens is 194 g/mol. The van der Waals surface area contributed by atoms with Crippen molar-refractivity contribution in [3.63, 3.8) is 0 Å². The highest BCUT2D eigenvalue weighted by Crippen LogP contribution is 2.30. The molecule has 1 aliphatic carbocycles. The number of ether oxygens (including phenoxy) is 1. The summed E-state index contributed by atoms with van der Waals surface area (Å²) in [7, 11) is 0. The highest BCUT2D eigenvalue weighted by atomic mass is 16.6. The van der Waals surface area contributed by atoms with Crippen molar-refractivity contribution in [1.29, 1.82) is 0 Å². The number of rotatable bonds is 3. The molecule has 4 nitrogen and oxygen atoms in total. The third-order valence-corrected chi connectivity index (χ3v) is 3.33. The third kappa shape index (κ3) is 3.47. The molecule has 0 aromatic rings. The van der Waals surface area contributed by atoms with Crippen LogP contribution in [0.4, 0.5) is 0 Å². The largest absolute Gasteiger partial charge is 0.460 e. The Morgan fingerprint density at radius 3 is 2.67 bits per heavy atom. The molecule has 0 saturated heterocycles. The summed E-state index contributed by atoms with van der Waals surface area (Å²) in [5.74, 6) is 0.690. The van der Waals surface area contributed by atoms with Gasteiger partial charge in [-0.15, -0.1) is 0 Å². The van der Waals surface area contributed by atoms with Gasteiger partial charge in [0, 0.05) is 6.54 Å². The molecule has 3 N–H and O–H groups in total. The van der Waals surface area contributed by atoms with Crippen LogP contribution in [0.3, 0.4) is 0 Å². The zero-order valence-corrected chi connectivity index (χ0v) is 9.48. The molecule has 1 saturated carbocycles. The van der Waals surface area contributed by atoms with E-state index in [0.717, 1.165) is 19.3 Å². The second-order valence-corrected chi connectivity index (χ2v) is 4.58. The molecule has 0 aromatic heterocycles. The van der Waals surface area contributed by atoms with Crippen molar-refractivity contribution in [3.05, 3.63) is 0 Å². The Labute approximate surface area is 90.8 Å². The lowest BCUT2D eigenvalue weighted by Gasteiger charge is -2.31. The molecule has 88 valence electrons. The van der Waals surface area contributed by atoms with Gasteiger partial charge < -0.3 is 15.6 Å². The molecule has 1 aliphatic rings. The zero-order chi connectivity index (χ0) is 11.4. The van der Waals surface area contributed by atoms with Crippen molar-refractivity contribution in [2.24, 2.45) is 17.6 Å². The fraction of sp³-hybridized carbons (Fsp3) is 0.909. The summed E-state index contributed by atoms with van der Waals surface area (Å²) in [5.41, 5.74) is 5.18. The second kappa shape index (κ2) is 5.47. The third-order valence-electron chi connectivity index (χ3n) is 3.33. The monoisotopic (exact) mass is 215 g/mol. The Bertz CT molecular complexity index is 220. The van der Waals surface area contributed by atoms with Crippen LogP contribution in [0.5, 0.6) is 0 Å². The molecule has 4 atom stereocenters. The second-order valence-electron chi connectivity index (χ2n) is 4.58. The fourth-order valence-corrected chi connectivity index (χ4v) is 1.94. The van der Waals surface area contributed by atoms with E-state index in [4.69, 9.17) is 10.5 Å². The van der Waals surface area contributed by atoms with Gasteiger partial charge in [-0.2, -0.15) is 0 Å². The minimum Gasteiger partial charge on any atom is -0.460 e. The Morgan fingerprint density at radius 2 is 2.13 bits per heavy atom. The van der Waals surface area contributed by atoms with Crippen LogP contribution in [0.2, 0.25) is 0 Å². The smallest absolute Gasteiger partial charge is 0.336 e. The molecule has 3 unspecified atom stereocenters. The highest BCUT2D eigenvalue weighted by molar-refractivity contribution is 5.74. The summed E-state index contributed by atoms with van der Waals surface area (Å²) >= 11 is 0. The first-order chi connectivity index (χ1) is 7.04. The van der Waals surface area contributed by atoms with E-state index >= 15 is 0 Å². The zero-order valence-electron chi connectivity index (χ0n) is 9.48. The lowest BCUT2D eigenvalue weighted by atomic mass is 9.80. The van der Waals surface area contributed by atoms with Crippen molar-refractivity contribution >= 4 is 5.97 Å². The number of hydrogen-bond donors (Lipinski definition) is 2. The number of hydrogen-bond acceptors (Lipinski definition) is 4. The van der Waals surface area contributed by atoms with E-state index in [2.05, 4.69) is 13.8 Å². The number of aliphatic hydroxyl groups is 1. The van der Waals surface area contributed by atoms with Gasteiger partial charge in [0.2, 0.25) is 0 Å². The Kier molecular flexibility index (Phi) is 4.54. The summed E-state index contributed by atoms with van der Waals surface area (Å²) in [6.45, 7) is 4.32. The maximum Gasteiger partial charge on any atom is 0.336 e. The van der Waals surface area contributed by atoms with Crippen LogP contribution in [-0.4, -0.2) is 29.8 Å². The van der Waals surface area contributed by atoms with Crippen molar-refractivity contribution < 1.29 is 14.6 Å². The normalized spacial score (nSPS) is 33.5. The van der Waals surface area contributed by atoms with Gasteiger partial charge in [0.05, 0.1) is 0 Å². The number of aliphatic hydroxyl groups excluding tert-OH is 1. The first-order valence-corrected chi connectivity index (χ1v) is 5.63. The minimum atomic E-state index is -1.17. The van der Waals surface area contributed by atoms with Crippen LogP contribution in [0, 0.1) is 11.8 Å². The summed E-state index contributed by atoms with van der Waals surface area (Å²) < 4.78 is 5.19. The summed E-state index contributed by atoms with van der Waals surface area (Å²) in [6.07, 6.45) is 1.67. The summed E-state index contributed by atoms with van der Waals surface area (Å²) in [4.78, 5) is 11.3. The maximum absolute atomic E-state index is 11.3. The molecule has 0 radical (unpaired) electrons. The van der Waals surface area contributed by atoms with E-state index in [1.54, 1.807) is 0 Å². The topological polar surface area (TPSA) is 72.5 Å². The van der Waals surface area contributed by atoms with Gasteiger partial charge in [0.1, 0.15) is 6.10 Å². The van der Waals surface area contributed by atoms with Crippen LogP contribution >= 0.6 is 0 Å². The molecule has 1 rings (SSSR count). The van der Waals surface area contributed by atoms with Gasteiger partial charge in [-0.1, -0.05) is 13.8 Å². The van der Waals surface area contributed by atoms with Crippen molar-refractivity contribution in [3.8, 4) is 0 Å². The quantitative estimate of drug-likeness (QED) is 0.679. The highest BCUT2D eigenvalue weighted by Gasteiger charge is 2.28. The van der Waals surface area contributed by atoms with Crippen LogP contribution in [0.1, 0.15) is 33.1 Å². The minimum absolute atomic E-state index is 0.0371. The molecule has 0 aliphatic heterocycles. The SMILES string of the molecule is CC1CCC(OC(=O)[C@@H](O)CN)CC1C. The molecule has 0 spiro atoms. The predicted octanol–water partition coefficient (Wildman–Crippen LogP) is 0.674.